The maximum Gasteiger partial charge on any atom is 0.567 e. The van der Waals surface area contributed by atoms with Gasteiger partial charge in [-0.25, -0.2) is 4.79 Å². The van der Waals surface area contributed by atoms with Crippen molar-refractivity contribution in [2.24, 2.45) is 0 Å². The zero-order valence-corrected chi connectivity index (χ0v) is 14.2. The monoisotopic (exact) mass is 364 g/mol. The molecule has 0 heterocycles. The van der Waals surface area contributed by atoms with Crippen molar-refractivity contribution >= 4 is 14.3 Å². The van der Waals surface area contributed by atoms with Crippen LogP contribution in [0, 0.1) is 0 Å². The summed E-state index contributed by atoms with van der Waals surface area (Å²) in [7, 11) is -4.27. The number of hydrogen-bond acceptors (Lipinski definition) is 6. The largest absolute Gasteiger partial charge is 0.567 e. The number of ether oxygens (including phenoxy) is 1. The van der Waals surface area contributed by atoms with E-state index in [9.17, 15) is 4.79 Å². The average Bonchev–Trinajstić information content (AvgIpc) is 2.90. The Bertz CT molecular complexity index is 715. The lowest BCUT2D eigenvalue weighted by Crippen LogP contribution is -2.29. The van der Waals surface area contributed by atoms with Crippen molar-refractivity contribution in [1.82, 2.24) is 5.32 Å². The second kappa shape index (κ2) is 7.47. The molecule has 25 heavy (non-hydrogen) atoms. The summed E-state index contributed by atoms with van der Waals surface area (Å²) in [4.78, 5) is 37.8. The molecule has 0 saturated carbocycles. The second-order valence-electron chi connectivity index (χ2n) is 5.60. The molecule has 0 unspecified atom stereocenters. The van der Waals surface area contributed by atoms with Crippen LogP contribution in [0.1, 0.15) is 17.0 Å². The molecule has 4 N–H and O–H groups in total. The molecule has 1 amide bonds. The SMILES string of the molecule is O=C(NCCO[P+](O)(O)O)OCC1c2ccccc2-c2ccccc21. The lowest BCUT2D eigenvalue weighted by atomic mass is 9.98. The molecule has 8 heteroatoms. The van der Waals surface area contributed by atoms with E-state index >= 15 is 0 Å². The summed E-state index contributed by atoms with van der Waals surface area (Å²) < 4.78 is 9.65. The van der Waals surface area contributed by atoms with Gasteiger partial charge >= 0.3 is 14.3 Å². The van der Waals surface area contributed by atoms with E-state index in [1.165, 1.54) is 0 Å². The minimum atomic E-state index is -4.27. The molecular weight excluding hydrogens is 345 g/mol. The van der Waals surface area contributed by atoms with Gasteiger partial charge in [0.15, 0.2) is 0 Å². The zero-order chi connectivity index (χ0) is 17.9. The molecule has 2 aromatic carbocycles. The molecule has 0 atom stereocenters. The number of benzene rings is 2. The first-order valence-corrected chi connectivity index (χ1v) is 9.33. The van der Waals surface area contributed by atoms with Crippen LogP contribution in [0.25, 0.3) is 11.1 Å². The van der Waals surface area contributed by atoms with E-state index in [2.05, 4.69) is 22.0 Å². The highest BCUT2D eigenvalue weighted by Crippen LogP contribution is 2.45. The van der Waals surface area contributed by atoms with Gasteiger partial charge in [0.25, 0.3) is 0 Å². The molecule has 1 aliphatic rings. The summed E-state index contributed by atoms with van der Waals surface area (Å²) in [6, 6.07) is 16.1. The molecule has 0 bridgehead atoms. The summed E-state index contributed by atoms with van der Waals surface area (Å²) in [5.41, 5.74) is 4.54. The van der Waals surface area contributed by atoms with E-state index in [1.807, 2.05) is 36.4 Å². The van der Waals surface area contributed by atoms with Crippen molar-refractivity contribution in [3.63, 3.8) is 0 Å². The van der Waals surface area contributed by atoms with Gasteiger partial charge in [-0.1, -0.05) is 48.5 Å². The molecule has 0 fully saturated rings. The van der Waals surface area contributed by atoms with Crippen LogP contribution in [0.15, 0.2) is 48.5 Å². The molecule has 0 aliphatic heterocycles. The third kappa shape index (κ3) is 4.34. The Morgan fingerprint density at radius 2 is 1.56 bits per heavy atom. The van der Waals surface area contributed by atoms with Crippen molar-refractivity contribution in [2.45, 2.75) is 5.92 Å². The van der Waals surface area contributed by atoms with Crippen LogP contribution in [0.3, 0.4) is 0 Å². The predicted octanol–water partition coefficient (Wildman–Crippen LogP) is 2.20. The summed E-state index contributed by atoms with van der Waals surface area (Å²) in [5, 5.41) is 2.43. The number of amides is 1. The summed E-state index contributed by atoms with van der Waals surface area (Å²) in [6.07, 6.45) is -0.636. The first kappa shape index (κ1) is 17.8. The highest BCUT2D eigenvalue weighted by molar-refractivity contribution is 7.53. The number of hydrogen-bond donors (Lipinski definition) is 4. The topological polar surface area (TPSA) is 108 Å². The standard InChI is InChI=1S/C17H18NO6P/c19-17(18-9-10-24-25(20,21)22)23-11-16-14-7-3-1-5-12(14)13-6-2-4-8-15(13)16/h1-8,16,20-22H,9-11H2/p+1. The van der Waals surface area contributed by atoms with Crippen LogP contribution in [0.5, 0.6) is 0 Å². The van der Waals surface area contributed by atoms with Gasteiger partial charge in [0.2, 0.25) is 0 Å². The summed E-state index contributed by atoms with van der Waals surface area (Å²) in [6.45, 7) is -0.0563. The fourth-order valence-corrected chi connectivity index (χ4v) is 3.31. The van der Waals surface area contributed by atoms with Gasteiger partial charge in [-0.3, -0.25) is 0 Å². The van der Waals surface area contributed by atoms with E-state index < -0.39 is 14.3 Å². The maximum atomic E-state index is 11.8. The highest BCUT2D eigenvalue weighted by Gasteiger charge is 2.32. The molecule has 7 nitrogen and oxygen atoms in total. The number of rotatable bonds is 6. The molecule has 0 radical (unpaired) electrons. The zero-order valence-electron chi connectivity index (χ0n) is 13.3. The molecule has 0 aromatic heterocycles. The quantitative estimate of drug-likeness (QED) is 0.462. The van der Waals surface area contributed by atoms with Gasteiger partial charge in [-0.05, 0) is 22.3 Å². The van der Waals surface area contributed by atoms with Crippen LogP contribution in [0.4, 0.5) is 4.79 Å². The van der Waals surface area contributed by atoms with Gasteiger partial charge in [-0.2, -0.15) is 19.2 Å². The maximum absolute atomic E-state index is 11.8. The van der Waals surface area contributed by atoms with Crippen molar-refractivity contribution < 1.29 is 28.7 Å². The Hall–Kier alpha value is -2.02. The minimum Gasteiger partial charge on any atom is -0.449 e. The Balaban J connectivity index is 1.57. The smallest absolute Gasteiger partial charge is 0.449 e. The van der Waals surface area contributed by atoms with Crippen molar-refractivity contribution in [2.75, 3.05) is 19.8 Å². The predicted molar refractivity (Wildman–Crippen MR) is 92.6 cm³/mol. The number of alkyl carbamates (subject to hydrolysis) is 1. The lowest BCUT2D eigenvalue weighted by Gasteiger charge is -2.14. The minimum absolute atomic E-state index is 0.0138. The number of carbonyl (C=O) groups is 1. The second-order valence-corrected chi connectivity index (χ2v) is 6.88. The molecule has 0 saturated heterocycles. The normalized spacial score (nSPS) is 13.2. The van der Waals surface area contributed by atoms with Gasteiger partial charge in [0.05, 0.1) is 0 Å². The van der Waals surface area contributed by atoms with E-state index in [4.69, 9.17) is 19.4 Å². The van der Waals surface area contributed by atoms with Crippen LogP contribution in [-0.4, -0.2) is 40.5 Å². The fourth-order valence-electron chi connectivity index (χ4n) is 2.97. The third-order valence-corrected chi connectivity index (χ3v) is 4.51. The Morgan fingerprint density at radius 3 is 2.12 bits per heavy atom. The average molecular weight is 364 g/mol. The molecule has 132 valence electrons. The summed E-state index contributed by atoms with van der Waals surface area (Å²) in [5.74, 6) is -0.0275. The number of nitrogens with one attached hydrogen (secondary N) is 1. The van der Waals surface area contributed by atoms with Gasteiger partial charge in [-0.15, -0.1) is 0 Å². The van der Waals surface area contributed by atoms with E-state index in [-0.39, 0.29) is 25.7 Å². The Kier molecular flexibility index (Phi) is 5.32. The van der Waals surface area contributed by atoms with E-state index in [0.29, 0.717) is 0 Å². The van der Waals surface area contributed by atoms with Gasteiger partial charge in [0, 0.05) is 12.5 Å². The van der Waals surface area contributed by atoms with Crippen molar-refractivity contribution in [3.8, 4) is 11.1 Å². The van der Waals surface area contributed by atoms with Crippen LogP contribution < -0.4 is 5.32 Å². The van der Waals surface area contributed by atoms with Crippen LogP contribution in [-0.2, 0) is 9.26 Å². The molecule has 3 rings (SSSR count). The number of fused-ring (bicyclic) bond motifs is 3. The first-order valence-electron chi connectivity index (χ1n) is 7.76. The van der Waals surface area contributed by atoms with Crippen LogP contribution >= 0.6 is 8.17 Å². The Labute approximate surface area is 145 Å². The molecule has 1 aliphatic carbocycles. The lowest BCUT2D eigenvalue weighted by molar-refractivity contribution is 0.133. The number of carbonyl (C=O) groups excluding carboxylic acids is 1. The molecular formula is C17H19NO6P+. The first-order chi connectivity index (χ1) is 12.0. The van der Waals surface area contributed by atoms with E-state index in [0.717, 1.165) is 22.3 Å². The van der Waals surface area contributed by atoms with Crippen molar-refractivity contribution in [3.05, 3.63) is 59.7 Å². The third-order valence-electron chi connectivity index (χ3n) is 3.98. The van der Waals surface area contributed by atoms with Gasteiger partial charge in [0.1, 0.15) is 13.2 Å². The van der Waals surface area contributed by atoms with Crippen LogP contribution in [0.2, 0.25) is 0 Å². The van der Waals surface area contributed by atoms with Gasteiger partial charge < -0.3 is 10.1 Å². The summed E-state index contributed by atoms with van der Waals surface area (Å²) >= 11 is 0. The van der Waals surface area contributed by atoms with Crippen molar-refractivity contribution in [1.29, 1.82) is 0 Å². The highest BCUT2D eigenvalue weighted by atomic mass is 31.2. The fraction of sp³-hybridized carbons (Fsp3) is 0.235. The molecule has 0 spiro atoms. The van der Waals surface area contributed by atoms with E-state index in [1.54, 1.807) is 0 Å². The molecule has 2 aromatic rings. The Morgan fingerprint density at radius 1 is 1.00 bits per heavy atom.